The molecule has 2 heterocycles. The van der Waals surface area contributed by atoms with Gasteiger partial charge in [0.05, 0.1) is 24.2 Å². The van der Waals surface area contributed by atoms with E-state index in [1.807, 2.05) is 48.5 Å². The predicted molar refractivity (Wildman–Crippen MR) is 107 cm³/mol. The van der Waals surface area contributed by atoms with Crippen LogP contribution in [0, 0.1) is 0 Å². The van der Waals surface area contributed by atoms with Crippen molar-refractivity contribution in [2.45, 2.75) is 19.4 Å². The molecule has 1 amide bonds. The quantitative estimate of drug-likeness (QED) is 0.729. The lowest BCUT2D eigenvalue weighted by Crippen LogP contribution is -2.46. The van der Waals surface area contributed by atoms with Crippen LogP contribution in [0.2, 0.25) is 0 Å². The number of likely N-dealkylation sites (N-methyl/N-ethyl adjacent to an activating group) is 1. The van der Waals surface area contributed by atoms with Crippen molar-refractivity contribution in [3.05, 3.63) is 48.5 Å². The Morgan fingerprint density at radius 3 is 2.85 bits per heavy atom. The molecule has 6 heteroatoms. The van der Waals surface area contributed by atoms with E-state index in [0.29, 0.717) is 13.0 Å². The van der Waals surface area contributed by atoms with Crippen LogP contribution in [0.25, 0.3) is 22.4 Å². The lowest BCUT2D eigenvalue weighted by Gasteiger charge is -2.34. The molecule has 140 valence electrons. The summed E-state index contributed by atoms with van der Waals surface area (Å²) < 4.78 is 5.52. The Morgan fingerprint density at radius 1 is 1.26 bits per heavy atom. The van der Waals surface area contributed by atoms with Crippen LogP contribution in [0.3, 0.4) is 0 Å². The van der Waals surface area contributed by atoms with Gasteiger partial charge in [-0.2, -0.15) is 0 Å². The van der Waals surface area contributed by atoms with E-state index in [0.717, 1.165) is 47.8 Å². The van der Waals surface area contributed by atoms with Crippen molar-refractivity contribution in [1.29, 1.82) is 0 Å². The fraction of sp³-hybridized carbons (Fsp3) is 0.333. The number of nitrogens with one attached hydrogen (secondary N) is 2. The third kappa shape index (κ3) is 4.02. The number of hydrogen-bond donors (Lipinski definition) is 2. The van der Waals surface area contributed by atoms with Crippen LogP contribution in [0.5, 0.6) is 0 Å². The van der Waals surface area contributed by atoms with E-state index in [4.69, 9.17) is 4.74 Å². The molecule has 1 aliphatic heterocycles. The number of morpholine rings is 1. The van der Waals surface area contributed by atoms with Crippen LogP contribution in [0.1, 0.15) is 13.3 Å². The van der Waals surface area contributed by atoms with Gasteiger partial charge in [0.1, 0.15) is 5.82 Å². The number of nitrogens with zero attached hydrogens (tertiary/aromatic N) is 2. The number of fused-ring (bicyclic) bond motifs is 1. The summed E-state index contributed by atoms with van der Waals surface area (Å²) in [6.07, 6.45) is 0.444. The van der Waals surface area contributed by atoms with Gasteiger partial charge >= 0.3 is 0 Å². The van der Waals surface area contributed by atoms with E-state index in [1.54, 1.807) is 0 Å². The third-order valence-corrected chi connectivity index (χ3v) is 5.01. The largest absolute Gasteiger partial charge is 0.378 e. The molecule has 6 nitrogen and oxygen atoms in total. The van der Waals surface area contributed by atoms with Gasteiger partial charge in [-0.05, 0) is 42.9 Å². The molecule has 3 aromatic rings. The molecule has 0 aliphatic carbocycles. The SMILES string of the molecule is CCN1CCOCC1CC(=O)Nc1ccc(-c2nc3ccccc3[nH]2)cc1. The van der Waals surface area contributed by atoms with Gasteiger partial charge in [0, 0.05) is 30.3 Å². The van der Waals surface area contributed by atoms with Crippen LogP contribution in [-0.4, -0.2) is 53.1 Å². The summed E-state index contributed by atoms with van der Waals surface area (Å²) in [6, 6.07) is 15.9. The van der Waals surface area contributed by atoms with E-state index in [2.05, 4.69) is 27.1 Å². The molecule has 0 bridgehead atoms. The third-order valence-electron chi connectivity index (χ3n) is 5.01. The Morgan fingerprint density at radius 2 is 2.07 bits per heavy atom. The van der Waals surface area contributed by atoms with Crippen LogP contribution in [0.4, 0.5) is 5.69 Å². The summed E-state index contributed by atoms with van der Waals surface area (Å²) in [5.74, 6) is 0.840. The number of aromatic amines is 1. The molecule has 1 unspecified atom stereocenters. The number of anilines is 1. The highest BCUT2D eigenvalue weighted by Crippen LogP contribution is 2.22. The molecule has 1 saturated heterocycles. The molecular formula is C21H24N4O2. The molecule has 0 spiro atoms. The van der Waals surface area contributed by atoms with Gasteiger partial charge < -0.3 is 15.0 Å². The van der Waals surface area contributed by atoms with Gasteiger partial charge in [0.25, 0.3) is 0 Å². The zero-order valence-corrected chi connectivity index (χ0v) is 15.4. The number of ether oxygens (including phenoxy) is 1. The van der Waals surface area contributed by atoms with Gasteiger partial charge in [-0.1, -0.05) is 19.1 Å². The number of aromatic nitrogens is 2. The fourth-order valence-corrected chi connectivity index (χ4v) is 3.52. The standard InChI is InChI=1S/C21H24N4O2/c1-2-25-11-12-27-14-17(25)13-20(26)22-16-9-7-15(8-10-16)21-23-18-5-3-4-6-19(18)24-21/h3-10,17H,2,11-14H2,1H3,(H,22,26)(H,23,24). The Kier molecular flexibility index (Phi) is 5.18. The predicted octanol–water partition coefficient (Wildman–Crippen LogP) is 3.28. The maximum atomic E-state index is 12.4. The van der Waals surface area contributed by atoms with Gasteiger partial charge in [0.2, 0.25) is 5.91 Å². The maximum absolute atomic E-state index is 12.4. The molecule has 4 rings (SSSR count). The van der Waals surface area contributed by atoms with Crippen molar-refractivity contribution in [2.24, 2.45) is 0 Å². The molecule has 2 aromatic carbocycles. The van der Waals surface area contributed by atoms with Crippen LogP contribution < -0.4 is 5.32 Å². The summed E-state index contributed by atoms with van der Waals surface area (Å²) in [6.45, 7) is 5.31. The first kappa shape index (κ1) is 17.7. The molecular weight excluding hydrogens is 340 g/mol. The van der Waals surface area contributed by atoms with E-state index in [9.17, 15) is 4.79 Å². The zero-order chi connectivity index (χ0) is 18.6. The fourth-order valence-electron chi connectivity index (χ4n) is 3.52. The van der Waals surface area contributed by atoms with Crippen LogP contribution >= 0.6 is 0 Å². The summed E-state index contributed by atoms with van der Waals surface area (Å²) in [7, 11) is 0. The lowest BCUT2D eigenvalue weighted by atomic mass is 10.1. The number of hydrogen-bond acceptors (Lipinski definition) is 4. The molecule has 27 heavy (non-hydrogen) atoms. The molecule has 1 fully saturated rings. The monoisotopic (exact) mass is 364 g/mol. The average molecular weight is 364 g/mol. The van der Waals surface area contributed by atoms with Crippen molar-refractivity contribution in [2.75, 3.05) is 31.6 Å². The Bertz CT molecular complexity index is 886. The normalized spacial score (nSPS) is 17.9. The van der Waals surface area contributed by atoms with Crippen LogP contribution in [0.15, 0.2) is 48.5 Å². The second-order valence-corrected chi connectivity index (χ2v) is 6.79. The highest BCUT2D eigenvalue weighted by Gasteiger charge is 2.24. The number of carbonyl (C=O) groups is 1. The first-order chi connectivity index (χ1) is 13.2. The highest BCUT2D eigenvalue weighted by molar-refractivity contribution is 5.91. The minimum Gasteiger partial charge on any atom is -0.378 e. The Hall–Kier alpha value is -2.70. The van der Waals surface area contributed by atoms with E-state index < -0.39 is 0 Å². The molecule has 1 aromatic heterocycles. The second kappa shape index (κ2) is 7.90. The van der Waals surface area contributed by atoms with E-state index in [-0.39, 0.29) is 11.9 Å². The number of H-pyrrole nitrogens is 1. The summed E-state index contributed by atoms with van der Waals surface area (Å²) in [5, 5.41) is 2.99. The van der Waals surface area contributed by atoms with Crippen molar-refractivity contribution in [1.82, 2.24) is 14.9 Å². The average Bonchev–Trinajstić information content (AvgIpc) is 3.13. The molecule has 0 saturated carbocycles. The minimum absolute atomic E-state index is 0.0143. The Balaban J connectivity index is 1.40. The number of rotatable bonds is 5. The van der Waals surface area contributed by atoms with Gasteiger partial charge in [-0.3, -0.25) is 9.69 Å². The van der Waals surface area contributed by atoms with Crippen molar-refractivity contribution in [3.63, 3.8) is 0 Å². The maximum Gasteiger partial charge on any atom is 0.226 e. The number of imidazole rings is 1. The lowest BCUT2D eigenvalue weighted by molar-refractivity contribution is -0.119. The van der Waals surface area contributed by atoms with E-state index >= 15 is 0 Å². The van der Waals surface area contributed by atoms with Crippen LogP contribution in [-0.2, 0) is 9.53 Å². The first-order valence-corrected chi connectivity index (χ1v) is 9.40. The smallest absolute Gasteiger partial charge is 0.226 e. The minimum atomic E-state index is 0.0143. The van der Waals surface area contributed by atoms with Gasteiger partial charge in [-0.25, -0.2) is 4.98 Å². The number of carbonyl (C=O) groups excluding carboxylic acids is 1. The molecule has 0 radical (unpaired) electrons. The van der Waals surface area contributed by atoms with Crippen molar-refractivity contribution >= 4 is 22.6 Å². The number of amides is 1. The van der Waals surface area contributed by atoms with Crippen molar-refractivity contribution < 1.29 is 9.53 Å². The summed E-state index contributed by atoms with van der Waals surface area (Å²) >= 11 is 0. The Labute approximate surface area is 158 Å². The van der Waals surface area contributed by atoms with Gasteiger partial charge in [-0.15, -0.1) is 0 Å². The summed E-state index contributed by atoms with van der Waals surface area (Å²) in [4.78, 5) is 22.6. The highest BCUT2D eigenvalue weighted by atomic mass is 16.5. The van der Waals surface area contributed by atoms with E-state index in [1.165, 1.54) is 0 Å². The van der Waals surface area contributed by atoms with Crippen molar-refractivity contribution in [3.8, 4) is 11.4 Å². The topological polar surface area (TPSA) is 70.2 Å². The molecule has 1 aliphatic rings. The number of para-hydroxylation sites is 2. The second-order valence-electron chi connectivity index (χ2n) is 6.79. The molecule has 2 N–H and O–H groups in total. The number of benzene rings is 2. The summed E-state index contributed by atoms with van der Waals surface area (Å²) in [5.41, 5.74) is 3.74. The molecule has 1 atom stereocenters. The first-order valence-electron chi connectivity index (χ1n) is 9.40. The van der Waals surface area contributed by atoms with Gasteiger partial charge in [0.15, 0.2) is 0 Å². The zero-order valence-electron chi connectivity index (χ0n) is 15.4.